The highest BCUT2D eigenvalue weighted by Gasteiger charge is 2.42. The smallest absolute Gasteiger partial charge is 0.164 e. The van der Waals surface area contributed by atoms with Crippen molar-refractivity contribution in [1.29, 1.82) is 0 Å². The van der Waals surface area contributed by atoms with E-state index in [1.54, 1.807) is 0 Å². The van der Waals surface area contributed by atoms with Crippen molar-refractivity contribution in [2.45, 2.75) is 59.5 Å². The van der Waals surface area contributed by atoms with Gasteiger partial charge in [0.1, 0.15) is 12.2 Å². The zero-order valence-electron chi connectivity index (χ0n) is 12.9. The molecule has 0 radical (unpaired) electrons. The quantitative estimate of drug-likeness (QED) is 0.658. The van der Waals surface area contributed by atoms with E-state index in [9.17, 15) is 0 Å². The molecule has 1 aromatic rings. The van der Waals surface area contributed by atoms with E-state index in [-0.39, 0.29) is 12.2 Å². The van der Waals surface area contributed by atoms with Gasteiger partial charge in [0, 0.05) is 0 Å². The van der Waals surface area contributed by atoms with E-state index in [2.05, 4.69) is 24.3 Å². The van der Waals surface area contributed by atoms with Gasteiger partial charge in [0.25, 0.3) is 0 Å². The predicted molar refractivity (Wildman–Crippen MR) is 81.0 cm³/mol. The minimum Gasteiger partial charge on any atom is -0.340 e. The first-order valence-corrected chi connectivity index (χ1v) is 7.28. The Kier molecular flexibility index (Phi) is 5.77. The van der Waals surface area contributed by atoms with Crippen molar-refractivity contribution in [2.24, 2.45) is 0 Å². The molecule has 0 saturated carbocycles. The number of hydrogen-bond donors (Lipinski definition) is 0. The predicted octanol–water partition coefficient (Wildman–Crippen LogP) is 4.96. The second-order valence-electron chi connectivity index (χ2n) is 4.51. The van der Waals surface area contributed by atoms with Crippen LogP contribution in [0.1, 0.15) is 58.8 Å². The summed E-state index contributed by atoms with van der Waals surface area (Å²) in [5.41, 5.74) is 2.47. The SMILES string of the molecule is CC.CC.CC1(C)O[C@@H]2C=Cc3ccccc3[C@@H]2O1. The number of rotatable bonds is 0. The molecule has 2 heteroatoms. The zero-order valence-corrected chi connectivity index (χ0v) is 12.9. The van der Waals surface area contributed by atoms with Gasteiger partial charge in [0.2, 0.25) is 0 Å². The van der Waals surface area contributed by atoms with Gasteiger partial charge in [0.15, 0.2) is 5.79 Å². The van der Waals surface area contributed by atoms with Crippen LogP contribution in [0, 0.1) is 0 Å². The van der Waals surface area contributed by atoms with Crippen molar-refractivity contribution < 1.29 is 9.47 Å². The van der Waals surface area contributed by atoms with Gasteiger partial charge in [-0.15, -0.1) is 0 Å². The monoisotopic (exact) mass is 262 g/mol. The van der Waals surface area contributed by atoms with Gasteiger partial charge in [-0.1, -0.05) is 64.1 Å². The molecular weight excluding hydrogens is 236 g/mol. The van der Waals surface area contributed by atoms with Crippen LogP contribution < -0.4 is 0 Å². The summed E-state index contributed by atoms with van der Waals surface area (Å²) in [6, 6.07) is 8.31. The summed E-state index contributed by atoms with van der Waals surface area (Å²) < 4.78 is 11.7. The Morgan fingerprint density at radius 1 is 0.947 bits per heavy atom. The van der Waals surface area contributed by atoms with Gasteiger partial charge in [-0.2, -0.15) is 0 Å². The molecule has 0 amide bonds. The Morgan fingerprint density at radius 2 is 1.58 bits per heavy atom. The molecule has 1 aromatic carbocycles. The number of hydrogen-bond acceptors (Lipinski definition) is 2. The van der Waals surface area contributed by atoms with Crippen molar-refractivity contribution in [3.8, 4) is 0 Å². The first-order valence-electron chi connectivity index (χ1n) is 7.28. The van der Waals surface area contributed by atoms with Crippen molar-refractivity contribution in [2.75, 3.05) is 0 Å². The van der Waals surface area contributed by atoms with Gasteiger partial charge in [-0.05, 0) is 25.0 Å². The Balaban J connectivity index is 0.000000415. The normalized spacial score (nSPS) is 25.2. The van der Waals surface area contributed by atoms with E-state index in [4.69, 9.17) is 9.47 Å². The lowest BCUT2D eigenvalue weighted by Gasteiger charge is -2.20. The molecule has 1 aliphatic carbocycles. The summed E-state index contributed by atoms with van der Waals surface area (Å²) in [7, 11) is 0. The van der Waals surface area contributed by atoms with Crippen LogP contribution in [-0.4, -0.2) is 11.9 Å². The maximum Gasteiger partial charge on any atom is 0.164 e. The number of fused-ring (bicyclic) bond motifs is 3. The summed E-state index contributed by atoms with van der Waals surface area (Å²) in [5.74, 6) is -0.475. The van der Waals surface area contributed by atoms with Crippen LogP contribution in [0.5, 0.6) is 0 Å². The molecule has 0 bridgehead atoms. The maximum atomic E-state index is 5.91. The molecule has 1 heterocycles. The first-order chi connectivity index (χ1) is 9.16. The number of ether oxygens (including phenoxy) is 2. The second kappa shape index (κ2) is 6.88. The highest BCUT2D eigenvalue weighted by atomic mass is 16.7. The van der Waals surface area contributed by atoms with Gasteiger partial charge < -0.3 is 9.47 Å². The fourth-order valence-corrected chi connectivity index (χ4v) is 2.29. The molecule has 1 saturated heterocycles. The molecule has 2 atom stereocenters. The van der Waals surface area contributed by atoms with Crippen LogP contribution in [0.3, 0.4) is 0 Å². The first kappa shape index (κ1) is 15.9. The molecular formula is C17H26O2. The Hall–Kier alpha value is -1.12. The average molecular weight is 262 g/mol. The van der Waals surface area contributed by atoms with Crippen molar-refractivity contribution in [3.63, 3.8) is 0 Å². The highest BCUT2D eigenvalue weighted by molar-refractivity contribution is 5.58. The molecule has 0 aromatic heterocycles. The lowest BCUT2D eigenvalue weighted by molar-refractivity contribution is -0.143. The molecule has 19 heavy (non-hydrogen) atoms. The van der Waals surface area contributed by atoms with E-state index in [1.807, 2.05) is 53.7 Å². The summed E-state index contributed by atoms with van der Waals surface area (Å²) in [6.45, 7) is 11.9. The minimum absolute atomic E-state index is 0.0567. The topological polar surface area (TPSA) is 18.5 Å². The van der Waals surface area contributed by atoms with E-state index in [1.165, 1.54) is 11.1 Å². The Morgan fingerprint density at radius 3 is 2.26 bits per heavy atom. The fourth-order valence-electron chi connectivity index (χ4n) is 2.29. The third kappa shape index (κ3) is 3.46. The lowest BCUT2D eigenvalue weighted by atomic mass is 9.93. The summed E-state index contributed by atoms with van der Waals surface area (Å²) in [5, 5.41) is 0. The molecule has 3 rings (SSSR count). The minimum atomic E-state index is -0.475. The van der Waals surface area contributed by atoms with Crippen LogP contribution >= 0.6 is 0 Å². The molecule has 106 valence electrons. The van der Waals surface area contributed by atoms with Gasteiger partial charge >= 0.3 is 0 Å². The van der Waals surface area contributed by atoms with Gasteiger partial charge in [0.05, 0.1) is 0 Å². The van der Waals surface area contributed by atoms with E-state index in [0.29, 0.717) is 0 Å². The van der Waals surface area contributed by atoms with Crippen molar-refractivity contribution in [1.82, 2.24) is 0 Å². The fraction of sp³-hybridized carbons (Fsp3) is 0.529. The van der Waals surface area contributed by atoms with Crippen LogP contribution in [0.4, 0.5) is 0 Å². The summed E-state index contributed by atoms with van der Waals surface area (Å²) in [6.07, 6.45) is 4.32. The van der Waals surface area contributed by atoms with Gasteiger partial charge in [-0.25, -0.2) is 0 Å². The zero-order chi connectivity index (χ0) is 14.5. The molecule has 2 nitrogen and oxygen atoms in total. The lowest BCUT2D eigenvalue weighted by Crippen LogP contribution is -2.20. The van der Waals surface area contributed by atoms with Crippen molar-refractivity contribution >= 4 is 6.08 Å². The number of benzene rings is 1. The molecule has 1 fully saturated rings. The third-order valence-electron chi connectivity index (χ3n) is 2.90. The van der Waals surface area contributed by atoms with E-state index >= 15 is 0 Å². The van der Waals surface area contributed by atoms with E-state index < -0.39 is 5.79 Å². The second-order valence-corrected chi connectivity index (χ2v) is 4.51. The molecule has 0 unspecified atom stereocenters. The van der Waals surface area contributed by atoms with Crippen LogP contribution in [0.25, 0.3) is 6.08 Å². The average Bonchev–Trinajstić information content (AvgIpc) is 2.78. The van der Waals surface area contributed by atoms with E-state index in [0.717, 1.165) is 0 Å². The maximum absolute atomic E-state index is 5.91. The third-order valence-corrected chi connectivity index (χ3v) is 2.90. The van der Waals surface area contributed by atoms with Crippen LogP contribution in [0.2, 0.25) is 0 Å². The van der Waals surface area contributed by atoms with Crippen molar-refractivity contribution in [3.05, 3.63) is 41.5 Å². The van der Waals surface area contributed by atoms with Gasteiger partial charge in [-0.3, -0.25) is 0 Å². The molecule has 0 N–H and O–H groups in total. The molecule has 1 aliphatic heterocycles. The largest absolute Gasteiger partial charge is 0.340 e. The Bertz CT molecular complexity index is 421. The summed E-state index contributed by atoms with van der Waals surface area (Å²) >= 11 is 0. The Labute approximate surface area is 117 Å². The standard InChI is InChI=1S/C13H14O2.2C2H6/c1-13(2)14-11-8-7-9-5-3-4-6-10(9)12(11)15-13;2*1-2/h3-8,11-12H,1-2H3;2*1-2H3/t11-,12+;;/m1../s1. The molecule has 2 aliphatic rings. The highest BCUT2D eigenvalue weighted by Crippen LogP contribution is 2.42. The van der Waals surface area contributed by atoms with Crippen LogP contribution in [0.15, 0.2) is 30.3 Å². The molecule has 0 spiro atoms. The van der Waals surface area contributed by atoms with Crippen LogP contribution in [-0.2, 0) is 9.47 Å². The summed E-state index contributed by atoms with van der Waals surface area (Å²) in [4.78, 5) is 0.